The van der Waals surface area contributed by atoms with Crippen molar-refractivity contribution in [3.8, 4) is 11.8 Å². The minimum Gasteiger partial charge on any atom is -0.450 e. The predicted octanol–water partition coefficient (Wildman–Crippen LogP) is 3.55. The van der Waals surface area contributed by atoms with Gasteiger partial charge in [0.1, 0.15) is 5.60 Å². The summed E-state index contributed by atoms with van der Waals surface area (Å²) in [6.07, 6.45) is 4.33. The Hall–Kier alpha value is -0.970. The highest BCUT2D eigenvalue weighted by molar-refractivity contribution is 5.88. The van der Waals surface area contributed by atoms with E-state index < -0.39 is 11.6 Å². The van der Waals surface area contributed by atoms with Gasteiger partial charge in [0.05, 0.1) is 0 Å². The maximum Gasteiger partial charge on any atom is 0.384 e. The number of hydrogen-bond acceptors (Lipinski definition) is 2. The zero-order valence-electron chi connectivity index (χ0n) is 11.2. The van der Waals surface area contributed by atoms with Crippen LogP contribution in [0.15, 0.2) is 0 Å². The molecule has 0 unspecified atom stereocenters. The zero-order valence-corrected chi connectivity index (χ0v) is 11.2. The molecule has 2 nitrogen and oxygen atoms in total. The van der Waals surface area contributed by atoms with Gasteiger partial charge in [0, 0.05) is 11.8 Å². The van der Waals surface area contributed by atoms with E-state index in [1.807, 2.05) is 20.8 Å². The van der Waals surface area contributed by atoms with Gasteiger partial charge in [0.2, 0.25) is 0 Å². The smallest absolute Gasteiger partial charge is 0.384 e. The molecule has 0 saturated heterocycles. The Balaban J connectivity index is 4.27. The molecule has 2 heteroatoms. The number of ether oxygens (including phenoxy) is 1. The lowest BCUT2D eigenvalue weighted by Gasteiger charge is -2.17. The number of carbonyl (C=O) groups is 1. The third-order valence-electron chi connectivity index (χ3n) is 2.05. The summed E-state index contributed by atoms with van der Waals surface area (Å²) >= 11 is 0. The van der Waals surface area contributed by atoms with Gasteiger partial charge >= 0.3 is 5.97 Å². The molecule has 0 bridgehead atoms. The normalized spacial score (nSPS) is 10.9. The van der Waals surface area contributed by atoms with Crippen LogP contribution in [0.4, 0.5) is 0 Å². The first-order valence-electron chi connectivity index (χ1n) is 6.13. The van der Waals surface area contributed by atoms with Crippen molar-refractivity contribution in [2.75, 3.05) is 0 Å². The van der Waals surface area contributed by atoms with Crippen molar-refractivity contribution in [2.24, 2.45) is 5.92 Å². The van der Waals surface area contributed by atoms with E-state index in [-0.39, 0.29) is 0 Å². The van der Waals surface area contributed by atoms with Crippen molar-refractivity contribution in [1.29, 1.82) is 0 Å². The summed E-state index contributed by atoms with van der Waals surface area (Å²) in [6, 6.07) is 0. The molecule has 0 rings (SSSR count). The van der Waals surface area contributed by atoms with Crippen molar-refractivity contribution in [2.45, 2.75) is 65.9 Å². The molecule has 0 amide bonds. The van der Waals surface area contributed by atoms with Gasteiger partial charge in [-0.1, -0.05) is 32.6 Å². The fourth-order valence-corrected chi connectivity index (χ4v) is 1.45. The van der Waals surface area contributed by atoms with E-state index in [1.54, 1.807) is 0 Å². The molecular weight excluding hydrogens is 200 g/mol. The third kappa shape index (κ3) is 8.35. The van der Waals surface area contributed by atoms with Gasteiger partial charge in [-0.15, -0.1) is 0 Å². The summed E-state index contributed by atoms with van der Waals surface area (Å²) in [5.41, 5.74) is -0.448. The lowest BCUT2D eigenvalue weighted by molar-refractivity contribution is -0.147. The molecule has 16 heavy (non-hydrogen) atoms. The van der Waals surface area contributed by atoms with Crippen LogP contribution < -0.4 is 0 Å². The van der Waals surface area contributed by atoms with Crippen LogP contribution in [-0.4, -0.2) is 11.6 Å². The van der Waals surface area contributed by atoms with Gasteiger partial charge in [-0.2, -0.15) is 0 Å². The van der Waals surface area contributed by atoms with E-state index in [4.69, 9.17) is 4.74 Å². The fourth-order valence-electron chi connectivity index (χ4n) is 1.45. The second-order valence-corrected chi connectivity index (χ2v) is 5.05. The molecule has 0 heterocycles. The standard InChI is InChI=1S/C14H24O2/c1-6-8-12(9-7-2)10-11-13(15)16-14(3,4)5/h12H,6-9H2,1-5H3. The first-order chi connectivity index (χ1) is 7.39. The van der Waals surface area contributed by atoms with E-state index in [9.17, 15) is 4.79 Å². The van der Waals surface area contributed by atoms with E-state index in [0.29, 0.717) is 5.92 Å². The number of carbonyl (C=O) groups excluding carboxylic acids is 1. The first-order valence-corrected chi connectivity index (χ1v) is 6.13. The molecule has 0 N–H and O–H groups in total. The Labute approximate surface area is 99.8 Å². The molecule has 0 radical (unpaired) electrons. The monoisotopic (exact) mass is 224 g/mol. The van der Waals surface area contributed by atoms with Crippen LogP contribution in [0.2, 0.25) is 0 Å². The summed E-state index contributed by atoms with van der Waals surface area (Å²) in [5, 5.41) is 0. The summed E-state index contributed by atoms with van der Waals surface area (Å²) in [6.45, 7) is 9.82. The van der Waals surface area contributed by atoms with Crippen LogP contribution in [0.3, 0.4) is 0 Å². The summed E-state index contributed by atoms with van der Waals surface area (Å²) in [5.74, 6) is 5.54. The van der Waals surface area contributed by atoms with Crippen molar-refractivity contribution in [3.63, 3.8) is 0 Å². The average molecular weight is 224 g/mol. The third-order valence-corrected chi connectivity index (χ3v) is 2.05. The molecule has 0 aliphatic rings. The minimum atomic E-state index is -0.448. The molecule has 0 aliphatic carbocycles. The Kier molecular flexibility index (Phi) is 6.88. The highest BCUT2D eigenvalue weighted by Gasteiger charge is 2.14. The van der Waals surface area contributed by atoms with Gasteiger partial charge in [-0.3, -0.25) is 0 Å². The quantitative estimate of drug-likeness (QED) is 0.415. The van der Waals surface area contributed by atoms with Gasteiger partial charge in [-0.25, -0.2) is 4.79 Å². The van der Waals surface area contributed by atoms with E-state index in [2.05, 4.69) is 25.7 Å². The molecule has 0 aromatic rings. The number of esters is 1. The maximum atomic E-state index is 11.4. The molecule has 92 valence electrons. The predicted molar refractivity (Wildman–Crippen MR) is 66.9 cm³/mol. The van der Waals surface area contributed by atoms with Gasteiger partial charge < -0.3 is 4.74 Å². The zero-order chi connectivity index (χ0) is 12.6. The number of hydrogen-bond donors (Lipinski definition) is 0. The summed E-state index contributed by atoms with van der Waals surface area (Å²) in [4.78, 5) is 11.4. The van der Waals surface area contributed by atoms with Gasteiger partial charge in [0.25, 0.3) is 0 Å². The van der Waals surface area contributed by atoms with Crippen molar-refractivity contribution >= 4 is 5.97 Å². The van der Waals surface area contributed by atoms with E-state index >= 15 is 0 Å². The molecule has 0 fully saturated rings. The topological polar surface area (TPSA) is 26.3 Å². The second-order valence-electron chi connectivity index (χ2n) is 5.05. The lowest BCUT2D eigenvalue weighted by Crippen LogP contribution is -2.22. The van der Waals surface area contributed by atoms with E-state index in [1.165, 1.54) is 0 Å². The Morgan fingerprint density at radius 3 is 2.06 bits per heavy atom. The highest BCUT2D eigenvalue weighted by atomic mass is 16.6. The lowest BCUT2D eigenvalue weighted by atomic mass is 9.99. The SMILES string of the molecule is CCCC(C#CC(=O)OC(C)(C)C)CCC. The van der Waals surface area contributed by atoms with Crippen LogP contribution in [0.5, 0.6) is 0 Å². The minimum absolute atomic E-state index is 0.336. The van der Waals surface area contributed by atoms with Crippen LogP contribution in [0, 0.1) is 17.8 Å². The van der Waals surface area contributed by atoms with Crippen molar-refractivity contribution in [1.82, 2.24) is 0 Å². The van der Waals surface area contributed by atoms with Crippen molar-refractivity contribution < 1.29 is 9.53 Å². The molecule has 0 aromatic heterocycles. The molecule has 0 aromatic carbocycles. The van der Waals surface area contributed by atoms with Gasteiger partial charge in [-0.05, 0) is 33.6 Å². The van der Waals surface area contributed by atoms with Crippen LogP contribution >= 0.6 is 0 Å². The second kappa shape index (κ2) is 7.33. The van der Waals surface area contributed by atoms with Crippen molar-refractivity contribution in [3.05, 3.63) is 0 Å². The average Bonchev–Trinajstić information content (AvgIpc) is 2.12. The molecule has 0 spiro atoms. The molecular formula is C14H24O2. The van der Waals surface area contributed by atoms with Crippen LogP contribution in [-0.2, 0) is 9.53 Å². The van der Waals surface area contributed by atoms with Crippen LogP contribution in [0.1, 0.15) is 60.3 Å². The first kappa shape index (κ1) is 15.0. The maximum absolute atomic E-state index is 11.4. The largest absolute Gasteiger partial charge is 0.450 e. The Morgan fingerprint density at radius 2 is 1.69 bits per heavy atom. The number of rotatable bonds is 4. The van der Waals surface area contributed by atoms with Gasteiger partial charge in [0.15, 0.2) is 0 Å². The van der Waals surface area contributed by atoms with E-state index in [0.717, 1.165) is 25.7 Å². The summed E-state index contributed by atoms with van der Waals surface area (Å²) < 4.78 is 5.13. The fraction of sp³-hybridized carbons (Fsp3) is 0.786. The molecule has 0 atom stereocenters. The molecule has 0 aliphatic heterocycles. The summed E-state index contributed by atoms with van der Waals surface area (Å²) in [7, 11) is 0. The highest BCUT2D eigenvalue weighted by Crippen LogP contribution is 2.12. The Bertz CT molecular complexity index is 257. The molecule has 0 saturated carbocycles. The van der Waals surface area contributed by atoms with Crippen LogP contribution in [0.25, 0.3) is 0 Å². The Morgan fingerprint density at radius 1 is 1.19 bits per heavy atom.